The second-order valence-electron chi connectivity index (χ2n) is 6.14. The summed E-state index contributed by atoms with van der Waals surface area (Å²) in [5.74, 6) is 1.16. The molecule has 2 aliphatic carbocycles. The van der Waals surface area contributed by atoms with Gasteiger partial charge in [-0.05, 0) is 45.6 Å². The minimum absolute atomic E-state index is 0.0896. The molecule has 0 unspecified atom stereocenters. The number of nitrogens with zero attached hydrogens (tertiary/aromatic N) is 1. The van der Waals surface area contributed by atoms with Gasteiger partial charge in [0.15, 0.2) is 0 Å². The monoisotopic (exact) mass is 252 g/mol. The summed E-state index contributed by atoms with van der Waals surface area (Å²) in [5, 5.41) is 3.45. The molecule has 0 atom stereocenters. The first-order valence-corrected chi connectivity index (χ1v) is 7.66. The summed E-state index contributed by atoms with van der Waals surface area (Å²) in [5.41, 5.74) is 0.0896. The van der Waals surface area contributed by atoms with E-state index in [9.17, 15) is 4.79 Å². The number of rotatable bonds is 6. The number of carbonyl (C=O) groups is 1. The Morgan fingerprint density at radius 3 is 2.44 bits per heavy atom. The van der Waals surface area contributed by atoms with E-state index >= 15 is 0 Å². The lowest BCUT2D eigenvalue weighted by molar-refractivity contribution is -0.133. The van der Waals surface area contributed by atoms with Crippen molar-refractivity contribution in [3.8, 4) is 0 Å². The van der Waals surface area contributed by atoms with Crippen molar-refractivity contribution < 1.29 is 4.79 Å². The molecule has 0 aromatic rings. The number of carbonyl (C=O) groups excluding carboxylic acids is 1. The summed E-state index contributed by atoms with van der Waals surface area (Å²) in [7, 11) is 2.02. The molecule has 0 saturated heterocycles. The molecule has 3 nitrogen and oxygen atoms in total. The maximum Gasteiger partial charge on any atom is 0.224 e. The summed E-state index contributed by atoms with van der Waals surface area (Å²) in [6, 6.07) is 0. The molecule has 3 heteroatoms. The fourth-order valence-electron chi connectivity index (χ4n) is 3.16. The second-order valence-corrected chi connectivity index (χ2v) is 6.14. The van der Waals surface area contributed by atoms with Crippen LogP contribution < -0.4 is 5.32 Å². The predicted molar refractivity (Wildman–Crippen MR) is 74.5 cm³/mol. The van der Waals surface area contributed by atoms with Gasteiger partial charge < -0.3 is 10.2 Å². The molecule has 2 aliphatic rings. The third kappa shape index (κ3) is 3.47. The molecule has 104 valence electrons. The van der Waals surface area contributed by atoms with E-state index in [2.05, 4.69) is 17.1 Å². The molecule has 0 aromatic carbocycles. The first-order valence-electron chi connectivity index (χ1n) is 7.66. The molecule has 18 heavy (non-hydrogen) atoms. The Morgan fingerprint density at radius 2 is 1.94 bits per heavy atom. The maximum atomic E-state index is 12.5. The molecule has 0 spiro atoms. The topological polar surface area (TPSA) is 32.3 Å². The normalized spacial score (nSPS) is 22.8. The van der Waals surface area contributed by atoms with Crippen molar-refractivity contribution in [2.24, 2.45) is 5.92 Å². The zero-order valence-corrected chi connectivity index (χ0v) is 12.0. The van der Waals surface area contributed by atoms with Gasteiger partial charge in [0.2, 0.25) is 5.91 Å². The van der Waals surface area contributed by atoms with Crippen LogP contribution >= 0.6 is 0 Å². The summed E-state index contributed by atoms with van der Waals surface area (Å²) in [6.07, 6.45) is 9.53. The van der Waals surface area contributed by atoms with Gasteiger partial charge >= 0.3 is 0 Å². The molecular formula is C15H28N2O. The zero-order valence-electron chi connectivity index (χ0n) is 12.0. The van der Waals surface area contributed by atoms with Crippen LogP contribution in [0.1, 0.15) is 58.3 Å². The van der Waals surface area contributed by atoms with Crippen LogP contribution in [0.5, 0.6) is 0 Å². The molecule has 2 fully saturated rings. The van der Waals surface area contributed by atoms with Gasteiger partial charge in [0.25, 0.3) is 0 Å². The number of nitrogens with one attached hydrogen (secondary N) is 1. The Morgan fingerprint density at radius 1 is 1.28 bits per heavy atom. The average molecular weight is 252 g/mol. The van der Waals surface area contributed by atoms with Gasteiger partial charge in [-0.25, -0.2) is 0 Å². The zero-order chi connectivity index (χ0) is 13.0. The van der Waals surface area contributed by atoms with E-state index in [-0.39, 0.29) is 5.54 Å². The van der Waals surface area contributed by atoms with Crippen molar-refractivity contribution in [2.75, 3.05) is 20.1 Å². The molecule has 1 amide bonds. The Kier molecular flexibility index (Phi) is 4.66. The van der Waals surface area contributed by atoms with E-state index in [1.165, 1.54) is 32.1 Å². The van der Waals surface area contributed by atoms with Crippen molar-refractivity contribution in [1.82, 2.24) is 10.2 Å². The number of hydrogen-bond donors (Lipinski definition) is 1. The molecule has 0 heterocycles. The first kappa shape index (κ1) is 13.9. The molecule has 1 N–H and O–H groups in total. The molecular weight excluding hydrogens is 224 g/mol. The maximum absolute atomic E-state index is 12.5. The second kappa shape index (κ2) is 6.05. The van der Waals surface area contributed by atoms with E-state index < -0.39 is 0 Å². The van der Waals surface area contributed by atoms with Crippen LogP contribution in [0.3, 0.4) is 0 Å². The lowest BCUT2D eigenvalue weighted by atomic mass is 9.79. The summed E-state index contributed by atoms with van der Waals surface area (Å²) in [4.78, 5) is 14.5. The lowest BCUT2D eigenvalue weighted by Gasteiger charge is -2.38. The molecule has 0 aliphatic heterocycles. The SMILES string of the molecule is CCN(CC1CC1)C(=O)CC1(NC)CCCCC1. The third-order valence-corrected chi connectivity index (χ3v) is 4.74. The summed E-state index contributed by atoms with van der Waals surface area (Å²) in [6.45, 7) is 3.97. The molecule has 2 saturated carbocycles. The highest BCUT2D eigenvalue weighted by Gasteiger charge is 2.35. The summed E-state index contributed by atoms with van der Waals surface area (Å²) >= 11 is 0. The average Bonchev–Trinajstić information content (AvgIpc) is 3.21. The highest BCUT2D eigenvalue weighted by atomic mass is 16.2. The van der Waals surface area contributed by atoms with Gasteiger partial charge in [-0.3, -0.25) is 4.79 Å². The number of amides is 1. The molecule has 0 aromatic heterocycles. The van der Waals surface area contributed by atoms with E-state index in [4.69, 9.17) is 0 Å². The van der Waals surface area contributed by atoms with Crippen molar-refractivity contribution in [3.05, 3.63) is 0 Å². The van der Waals surface area contributed by atoms with Crippen LogP contribution in [0, 0.1) is 5.92 Å². The third-order valence-electron chi connectivity index (χ3n) is 4.74. The van der Waals surface area contributed by atoms with E-state index in [1.54, 1.807) is 0 Å². The van der Waals surface area contributed by atoms with Crippen LogP contribution in [0.4, 0.5) is 0 Å². The summed E-state index contributed by atoms with van der Waals surface area (Å²) < 4.78 is 0. The Labute approximate surface area is 111 Å². The Bertz CT molecular complexity index is 280. The van der Waals surface area contributed by atoms with Crippen LogP contribution in [0.15, 0.2) is 0 Å². The highest BCUT2D eigenvalue weighted by molar-refractivity contribution is 5.77. The van der Waals surface area contributed by atoms with Crippen LogP contribution in [-0.4, -0.2) is 36.5 Å². The van der Waals surface area contributed by atoms with Crippen LogP contribution in [0.2, 0.25) is 0 Å². The minimum atomic E-state index is 0.0896. The lowest BCUT2D eigenvalue weighted by Crippen LogP contribution is -2.49. The van der Waals surface area contributed by atoms with Crippen molar-refractivity contribution >= 4 is 5.91 Å². The van der Waals surface area contributed by atoms with Gasteiger partial charge in [-0.2, -0.15) is 0 Å². The largest absolute Gasteiger partial charge is 0.343 e. The first-order chi connectivity index (χ1) is 8.69. The van der Waals surface area contributed by atoms with Crippen molar-refractivity contribution in [1.29, 1.82) is 0 Å². The van der Waals surface area contributed by atoms with Gasteiger partial charge in [0.1, 0.15) is 0 Å². The van der Waals surface area contributed by atoms with Gasteiger partial charge in [0, 0.05) is 25.0 Å². The smallest absolute Gasteiger partial charge is 0.224 e. The molecule has 0 bridgehead atoms. The fraction of sp³-hybridized carbons (Fsp3) is 0.933. The molecule has 0 radical (unpaired) electrons. The van der Waals surface area contributed by atoms with Gasteiger partial charge in [0.05, 0.1) is 0 Å². The molecule has 2 rings (SSSR count). The Hall–Kier alpha value is -0.570. The van der Waals surface area contributed by atoms with E-state index in [0.29, 0.717) is 12.3 Å². The predicted octanol–water partition coefficient (Wildman–Crippen LogP) is 2.56. The van der Waals surface area contributed by atoms with Gasteiger partial charge in [-0.15, -0.1) is 0 Å². The minimum Gasteiger partial charge on any atom is -0.343 e. The quantitative estimate of drug-likeness (QED) is 0.788. The van der Waals surface area contributed by atoms with Crippen molar-refractivity contribution in [2.45, 2.75) is 63.8 Å². The van der Waals surface area contributed by atoms with E-state index in [1.807, 2.05) is 7.05 Å². The van der Waals surface area contributed by atoms with Crippen LogP contribution in [-0.2, 0) is 4.79 Å². The highest BCUT2D eigenvalue weighted by Crippen LogP contribution is 2.33. The fourth-order valence-corrected chi connectivity index (χ4v) is 3.16. The van der Waals surface area contributed by atoms with E-state index in [0.717, 1.165) is 31.8 Å². The van der Waals surface area contributed by atoms with Gasteiger partial charge in [-0.1, -0.05) is 19.3 Å². The standard InChI is InChI=1S/C15H28N2O/c1-3-17(12-13-7-8-13)14(18)11-15(16-2)9-5-4-6-10-15/h13,16H,3-12H2,1-2H3. The van der Waals surface area contributed by atoms with Crippen LogP contribution in [0.25, 0.3) is 0 Å². The Balaban J connectivity index is 1.89. The van der Waals surface area contributed by atoms with Crippen molar-refractivity contribution in [3.63, 3.8) is 0 Å². The number of hydrogen-bond acceptors (Lipinski definition) is 2.